The fourth-order valence-corrected chi connectivity index (χ4v) is 3.18. The second-order valence-electron chi connectivity index (χ2n) is 5.10. The molecule has 0 aliphatic heterocycles. The van der Waals surface area contributed by atoms with Crippen LogP contribution in [0.25, 0.3) is 0 Å². The van der Waals surface area contributed by atoms with Gasteiger partial charge in [0.25, 0.3) is 0 Å². The summed E-state index contributed by atoms with van der Waals surface area (Å²) in [6.45, 7) is 1.97. The van der Waals surface area contributed by atoms with Gasteiger partial charge in [0, 0.05) is 27.4 Å². The van der Waals surface area contributed by atoms with Crippen LogP contribution in [0.2, 0.25) is 0 Å². The fraction of sp³-hybridized carbons (Fsp3) is 0.353. The van der Waals surface area contributed by atoms with Gasteiger partial charge in [0.15, 0.2) is 0 Å². The van der Waals surface area contributed by atoms with E-state index in [1.807, 2.05) is 0 Å². The number of aliphatic hydroxyl groups excluding tert-OH is 1. The smallest absolute Gasteiger partial charge is 0.224 e. The number of amides is 1. The molecule has 0 spiro atoms. The molecule has 1 aromatic carbocycles. The molecule has 5 heteroatoms. The molecule has 2 aromatic rings. The molecule has 0 radical (unpaired) electrons. The van der Waals surface area contributed by atoms with Crippen LogP contribution in [0, 0.1) is 6.92 Å². The van der Waals surface area contributed by atoms with Gasteiger partial charge in [-0.2, -0.15) is 0 Å². The molecule has 0 unspecified atom stereocenters. The van der Waals surface area contributed by atoms with Gasteiger partial charge in [-0.3, -0.25) is 4.79 Å². The number of ether oxygens (including phenoxy) is 1. The standard InChI is InChI=1S/C17H21NO3S/c1-12-6-8-15(22-12)4-3-5-17(20)18-14-7-9-16(21-2)13(10-14)11-19/h6-10,19H,3-5,11H2,1-2H3,(H,18,20). The number of aliphatic hydroxyl groups is 1. The molecule has 1 amide bonds. The highest BCUT2D eigenvalue weighted by molar-refractivity contribution is 7.11. The SMILES string of the molecule is COc1ccc(NC(=O)CCCc2ccc(C)s2)cc1CO. The second-order valence-corrected chi connectivity index (χ2v) is 6.47. The molecule has 118 valence electrons. The average molecular weight is 319 g/mol. The normalized spacial score (nSPS) is 10.5. The van der Waals surface area contributed by atoms with Crippen molar-refractivity contribution >= 4 is 22.9 Å². The van der Waals surface area contributed by atoms with Gasteiger partial charge in [0.05, 0.1) is 13.7 Å². The Morgan fingerprint density at radius 1 is 1.32 bits per heavy atom. The molecular weight excluding hydrogens is 298 g/mol. The number of anilines is 1. The van der Waals surface area contributed by atoms with E-state index in [1.165, 1.54) is 9.75 Å². The van der Waals surface area contributed by atoms with E-state index in [0.29, 0.717) is 23.4 Å². The first kappa shape index (κ1) is 16.5. The number of hydrogen-bond donors (Lipinski definition) is 2. The Morgan fingerprint density at radius 2 is 2.14 bits per heavy atom. The van der Waals surface area contributed by atoms with Crippen molar-refractivity contribution in [3.8, 4) is 5.75 Å². The maximum atomic E-state index is 12.0. The number of carbonyl (C=O) groups excluding carboxylic acids is 1. The molecule has 2 rings (SSSR count). The van der Waals surface area contributed by atoms with Crippen molar-refractivity contribution < 1.29 is 14.6 Å². The van der Waals surface area contributed by atoms with Crippen molar-refractivity contribution in [1.29, 1.82) is 0 Å². The van der Waals surface area contributed by atoms with Crippen LogP contribution in [0.15, 0.2) is 30.3 Å². The van der Waals surface area contributed by atoms with E-state index in [4.69, 9.17) is 4.74 Å². The van der Waals surface area contributed by atoms with Crippen LogP contribution < -0.4 is 10.1 Å². The summed E-state index contributed by atoms with van der Waals surface area (Å²) in [4.78, 5) is 14.6. The van der Waals surface area contributed by atoms with Gasteiger partial charge in [-0.1, -0.05) is 0 Å². The molecule has 2 N–H and O–H groups in total. The summed E-state index contributed by atoms with van der Waals surface area (Å²) in [7, 11) is 1.55. The van der Waals surface area contributed by atoms with Crippen molar-refractivity contribution in [2.45, 2.75) is 32.8 Å². The lowest BCUT2D eigenvalue weighted by Gasteiger charge is -2.10. The van der Waals surface area contributed by atoms with E-state index < -0.39 is 0 Å². The first-order valence-corrected chi connectivity index (χ1v) is 8.07. The summed E-state index contributed by atoms with van der Waals surface area (Å²) >= 11 is 1.78. The van der Waals surface area contributed by atoms with Gasteiger partial charge < -0.3 is 15.2 Å². The zero-order valence-corrected chi connectivity index (χ0v) is 13.7. The molecule has 0 atom stereocenters. The van der Waals surface area contributed by atoms with Crippen LogP contribution in [0.3, 0.4) is 0 Å². The quantitative estimate of drug-likeness (QED) is 0.821. The van der Waals surface area contributed by atoms with E-state index in [9.17, 15) is 9.90 Å². The Balaban J connectivity index is 1.84. The number of carbonyl (C=O) groups is 1. The maximum absolute atomic E-state index is 12.0. The van der Waals surface area contributed by atoms with Crippen LogP contribution >= 0.6 is 11.3 Å². The molecule has 0 aliphatic carbocycles. The zero-order valence-electron chi connectivity index (χ0n) is 12.9. The summed E-state index contributed by atoms with van der Waals surface area (Å²) < 4.78 is 5.14. The molecule has 1 aromatic heterocycles. The van der Waals surface area contributed by atoms with Gasteiger partial charge >= 0.3 is 0 Å². The molecule has 1 heterocycles. The molecule has 0 fully saturated rings. The zero-order chi connectivity index (χ0) is 15.9. The third-order valence-electron chi connectivity index (χ3n) is 3.36. The number of methoxy groups -OCH3 is 1. The van der Waals surface area contributed by atoms with Crippen LogP contribution in [0.5, 0.6) is 5.75 Å². The Hall–Kier alpha value is -1.85. The molecule has 4 nitrogen and oxygen atoms in total. The van der Waals surface area contributed by atoms with Crippen LogP contribution in [-0.4, -0.2) is 18.1 Å². The van der Waals surface area contributed by atoms with Crippen molar-refractivity contribution in [1.82, 2.24) is 0 Å². The minimum atomic E-state index is -0.120. The number of thiophene rings is 1. The Labute approximate surface area is 134 Å². The summed E-state index contributed by atoms with van der Waals surface area (Å²) in [5.41, 5.74) is 1.34. The van der Waals surface area contributed by atoms with E-state index in [1.54, 1.807) is 36.6 Å². The van der Waals surface area contributed by atoms with Crippen molar-refractivity contribution in [3.05, 3.63) is 45.6 Å². The number of aryl methyl sites for hydroxylation is 2. The van der Waals surface area contributed by atoms with Crippen LogP contribution in [0.4, 0.5) is 5.69 Å². The summed E-state index contributed by atoms with van der Waals surface area (Å²) in [5, 5.41) is 12.1. The lowest BCUT2D eigenvalue weighted by molar-refractivity contribution is -0.116. The van der Waals surface area contributed by atoms with Crippen LogP contribution in [-0.2, 0) is 17.8 Å². The first-order chi connectivity index (χ1) is 10.6. The highest BCUT2D eigenvalue weighted by Crippen LogP contribution is 2.23. The second kappa shape index (κ2) is 7.96. The van der Waals surface area contributed by atoms with Gasteiger partial charge in [0.2, 0.25) is 5.91 Å². The van der Waals surface area contributed by atoms with E-state index in [2.05, 4.69) is 24.4 Å². The van der Waals surface area contributed by atoms with Crippen molar-refractivity contribution in [3.63, 3.8) is 0 Å². The lowest BCUT2D eigenvalue weighted by atomic mass is 10.1. The molecule has 0 bridgehead atoms. The monoisotopic (exact) mass is 319 g/mol. The highest BCUT2D eigenvalue weighted by atomic mass is 32.1. The van der Waals surface area contributed by atoms with Gasteiger partial charge in [-0.05, 0) is 50.1 Å². The molecule has 0 saturated heterocycles. The minimum absolute atomic E-state index is 0.0117. The highest BCUT2D eigenvalue weighted by Gasteiger charge is 2.07. The number of nitrogens with one attached hydrogen (secondary N) is 1. The van der Waals surface area contributed by atoms with Gasteiger partial charge in [0.1, 0.15) is 5.75 Å². The third-order valence-corrected chi connectivity index (χ3v) is 4.42. The molecular formula is C17H21NO3S. The Kier molecular flexibility index (Phi) is 5.98. The van der Waals surface area contributed by atoms with Gasteiger partial charge in [-0.15, -0.1) is 11.3 Å². The van der Waals surface area contributed by atoms with Crippen molar-refractivity contribution in [2.24, 2.45) is 0 Å². The first-order valence-electron chi connectivity index (χ1n) is 7.25. The average Bonchev–Trinajstić information content (AvgIpc) is 2.92. The lowest BCUT2D eigenvalue weighted by Crippen LogP contribution is -2.11. The minimum Gasteiger partial charge on any atom is -0.496 e. The summed E-state index contributed by atoms with van der Waals surface area (Å²) in [6, 6.07) is 9.48. The van der Waals surface area contributed by atoms with E-state index in [0.717, 1.165) is 12.8 Å². The summed E-state index contributed by atoms with van der Waals surface area (Å²) in [6.07, 6.45) is 2.24. The van der Waals surface area contributed by atoms with Gasteiger partial charge in [-0.25, -0.2) is 0 Å². The predicted octanol–water partition coefficient (Wildman–Crippen LogP) is 3.52. The van der Waals surface area contributed by atoms with Crippen molar-refractivity contribution in [2.75, 3.05) is 12.4 Å². The fourth-order valence-electron chi connectivity index (χ4n) is 2.25. The number of hydrogen-bond acceptors (Lipinski definition) is 4. The maximum Gasteiger partial charge on any atom is 0.224 e. The van der Waals surface area contributed by atoms with E-state index in [-0.39, 0.29) is 12.5 Å². The topological polar surface area (TPSA) is 58.6 Å². The Morgan fingerprint density at radius 3 is 2.77 bits per heavy atom. The summed E-state index contributed by atoms with van der Waals surface area (Å²) in [5.74, 6) is 0.607. The number of rotatable bonds is 7. The van der Waals surface area contributed by atoms with E-state index >= 15 is 0 Å². The predicted molar refractivity (Wildman–Crippen MR) is 89.5 cm³/mol. The third kappa shape index (κ3) is 4.58. The molecule has 0 aliphatic rings. The number of benzene rings is 1. The van der Waals surface area contributed by atoms with Crippen LogP contribution in [0.1, 0.15) is 28.2 Å². The molecule has 22 heavy (non-hydrogen) atoms. The Bertz CT molecular complexity index is 637. The largest absolute Gasteiger partial charge is 0.496 e. The molecule has 0 saturated carbocycles.